The van der Waals surface area contributed by atoms with Crippen LogP contribution in [0.25, 0.3) is 0 Å². The molecular formula is C18H36N2O. The van der Waals surface area contributed by atoms with Gasteiger partial charge in [-0.25, -0.2) is 0 Å². The Bertz CT molecular complexity index is 262. The largest absolute Gasteiger partial charge is 0.340 e. The van der Waals surface area contributed by atoms with Crippen LogP contribution in [0.2, 0.25) is 0 Å². The molecule has 0 aliphatic carbocycles. The third-order valence-corrected chi connectivity index (χ3v) is 4.53. The van der Waals surface area contributed by atoms with Gasteiger partial charge in [0.15, 0.2) is 0 Å². The molecule has 1 aliphatic rings. The third kappa shape index (κ3) is 7.85. The fraction of sp³-hybridized carbons (Fsp3) is 0.944. The van der Waals surface area contributed by atoms with Crippen molar-refractivity contribution in [1.82, 2.24) is 10.2 Å². The van der Waals surface area contributed by atoms with Crippen molar-refractivity contribution in [3.05, 3.63) is 0 Å². The highest BCUT2D eigenvalue weighted by molar-refractivity contribution is 5.76. The Balaban J connectivity index is 2.19. The van der Waals surface area contributed by atoms with Gasteiger partial charge in [0.05, 0.1) is 0 Å². The van der Waals surface area contributed by atoms with E-state index in [0.717, 1.165) is 51.7 Å². The lowest BCUT2D eigenvalue weighted by Gasteiger charge is -2.34. The number of carbonyl (C=O) groups excluding carboxylic acids is 1. The lowest BCUT2D eigenvalue weighted by Crippen LogP contribution is -2.46. The zero-order chi connectivity index (χ0) is 15.3. The number of nitrogens with zero attached hydrogens (tertiary/aromatic N) is 1. The molecule has 0 aromatic rings. The van der Waals surface area contributed by atoms with Gasteiger partial charge in [-0.05, 0) is 38.8 Å². The molecule has 1 fully saturated rings. The van der Waals surface area contributed by atoms with E-state index in [9.17, 15) is 4.79 Å². The van der Waals surface area contributed by atoms with Crippen LogP contribution in [-0.2, 0) is 4.79 Å². The van der Waals surface area contributed by atoms with Gasteiger partial charge in [0.1, 0.15) is 0 Å². The molecule has 0 aromatic carbocycles. The van der Waals surface area contributed by atoms with Crippen molar-refractivity contribution in [2.24, 2.45) is 0 Å². The van der Waals surface area contributed by atoms with Crippen molar-refractivity contribution in [1.29, 1.82) is 0 Å². The molecule has 1 heterocycles. The monoisotopic (exact) mass is 296 g/mol. The van der Waals surface area contributed by atoms with Crippen molar-refractivity contribution in [3.8, 4) is 0 Å². The van der Waals surface area contributed by atoms with Crippen molar-refractivity contribution in [3.63, 3.8) is 0 Å². The fourth-order valence-electron chi connectivity index (χ4n) is 3.25. The number of rotatable bonds is 11. The van der Waals surface area contributed by atoms with E-state index in [-0.39, 0.29) is 0 Å². The first-order valence-corrected chi connectivity index (χ1v) is 9.29. The smallest absolute Gasteiger partial charge is 0.222 e. The standard InChI is InChI=1S/C18H36N2O/c1-3-5-6-7-8-9-10-11-18(21)20(16-4-2)17-12-14-19-15-13-17/h17,19H,3-16H2,1-2H3. The molecule has 1 rings (SSSR count). The molecule has 1 aliphatic heterocycles. The van der Waals surface area contributed by atoms with Crippen molar-refractivity contribution >= 4 is 5.91 Å². The minimum absolute atomic E-state index is 0.400. The van der Waals surface area contributed by atoms with Gasteiger partial charge >= 0.3 is 0 Å². The topological polar surface area (TPSA) is 32.3 Å². The Morgan fingerprint density at radius 1 is 0.952 bits per heavy atom. The van der Waals surface area contributed by atoms with Crippen LogP contribution in [0.5, 0.6) is 0 Å². The van der Waals surface area contributed by atoms with Gasteiger partial charge in [-0.3, -0.25) is 4.79 Å². The van der Waals surface area contributed by atoms with Crippen LogP contribution >= 0.6 is 0 Å². The van der Waals surface area contributed by atoms with Gasteiger partial charge < -0.3 is 10.2 Å². The second-order valence-electron chi connectivity index (χ2n) is 6.44. The molecule has 124 valence electrons. The molecule has 3 heteroatoms. The molecule has 21 heavy (non-hydrogen) atoms. The summed E-state index contributed by atoms with van der Waals surface area (Å²) >= 11 is 0. The Morgan fingerprint density at radius 3 is 2.19 bits per heavy atom. The molecule has 0 saturated carbocycles. The van der Waals surface area contributed by atoms with E-state index in [1.54, 1.807) is 0 Å². The first-order chi connectivity index (χ1) is 10.3. The quantitative estimate of drug-likeness (QED) is 0.582. The van der Waals surface area contributed by atoms with E-state index in [0.29, 0.717) is 11.9 Å². The summed E-state index contributed by atoms with van der Waals surface area (Å²) in [6, 6.07) is 0.489. The molecule has 0 spiro atoms. The predicted molar refractivity (Wildman–Crippen MR) is 90.5 cm³/mol. The van der Waals surface area contributed by atoms with Crippen molar-refractivity contribution < 1.29 is 4.79 Å². The highest BCUT2D eigenvalue weighted by Gasteiger charge is 2.23. The van der Waals surface area contributed by atoms with Crippen LogP contribution in [0.1, 0.15) is 84.5 Å². The van der Waals surface area contributed by atoms with Crippen LogP contribution < -0.4 is 5.32 Å². The summed E-state index contributed by atoms with van der Waals surface area (Å²) < 4.78 is 0. The number of carbonyl (C=O) groups is 1. The maximum atomic E-state index is 12.5. The second-order valence-corrected chi connectivity index (χ2v) is 6.44. The minimum atomic E-state index is 0.400. The van der Waals surface area contributed by atoms with Gasteiger partial charge in [0.2, 0.25) is 5.91 Å². The van der Waals surface area contributed by atoms with Crippen molar-refractivity contribution in [2.45, 2.75) is 90.5 Å². The first-order valence-electron chi connectivity index (χ1n) is 9.29. The number of nitrogens with one attached hydrogen (secondary N) is 1. The summed E-state index contributed by atoms with van der Waals surface area (Å²) in [5.74, 6) is 0.400. The van der Waals surface area contributed by atoms with Crippen LogP contribution in [-0.4, -0.2) is 36.5 Å². The molecule has 0 atom stereocenters. The van der Waals surface area contributed by atoms with E-state index in [1.807, 2.05) is 0 Å². The summed E-state index contributed by atoms with van der Waals surface area (Å²) in [5.41, 5.74) is 0. The summed E-state index contributed by atoms with van der Waals surface area (Å²) in [7, 11) is 0. The molecule has 1 saturated heterocycles. The Morgan fingerprint density at radius 2 is 1.57 bits per heavy atom. The zero-order valence-electron chi connectivity index (χ0n) is 14.3. The lowest BCUT2D eigenvalue weighted by atomic mass is 10.0. The molecule has 0 bridgehead atoms. The highest BCUT2D eigenvalue weighted by atomic mass is 16.2. The van der Waals surface area contributed by atoms with Crippen LogP contribution in [0.15, 0.2) is 0 Å². The molecule has 3 nitrogen and oxygen atoms in total. The highest BCUT2D eigenvalue weighted by Crippen LogP contribution is 2.16. The summed E-state index contributed by atoms with van der Waals surface area (Å²) in [5, 5.41) is 3.39. The zero-order valence-corrected chi connectivity index (χ0v) is 14.3. The maximum absolute atomic E-state index is 12.5. The average molecular weight is 296 g/mol. The van der Waals surface area contributed by atoms with Gasteiger partial charge in [0, 0.05) is 19.0 Å². The Labute approximate surface area is 131 Å². The lowest BCUT2D eigenvalue weighted by molar-refractivity contribution is -0.134. The Hall–Kier alpha value is -0.570. The predicted octanol–water partition coefficient (Wildman–Crippen LogP) is 4.12. The van der Waals surface area contributed by atoms with Crippen LogP contribution in [0.3, 0.4) is 0 Å². The van der Waals surface area contributed by atoms with E-state index in [1.165, 1.54) is 38.5 Å². The number of amides is 1. The summed E-state index contributed by atoms with van der Waals surface area (Å²) in [4.78, 5) is 14.7. The normalized spacial score (nSPS) is 16.1. The van der Waals surface area contributed by atoms with Gasteiger partial charge in [-0.2, -0.15) is 0 Å². The van der Waals surface area contributed by atoms with Crippen LogP contribution in [0.4, 0.5) is 0 Å². The van der Waals surface area contributed by atoms with Gasteiger partial charge in [-0.15, -0.1) is 0 Å². The number of hydrogen-bond acceptors (Lipinski definition) is 2. The third-order valence-electron chi connectivity index (χ3n) is 4.53. The SMILES string of the molecule is CCCCCCCCCC(=O)N(CCC)C1CCNCC1. The molecule has 0 radical (unpaired) electrons. The molecule has 1 amide bonds. The van der Waals surface area contributed by atoms with Gasteiger partial charge in [-0.1, -0.05) is 52.4 Å². The van der Waals surface area contributed by atoms with E-state index < -0.39 is 0 Å². The number of unbranched alkanes of at least 4 members (excludes halogenated alkanes) is 6. The number of piperidine rings is 1. The summed E-state index contributed by atoms with van der Waals surface area (Å²) in [6.45, 7) is 7.50. The minimum Gasteiger partial charge on any atom is -0.340 e. The second kappa shape index (κ2) is 12.0. The molecule has 1 N–H and O–H groups in total. The van der Waals surface area contributed by atoms with Crippen molar-refractivity contribution in [2.75, 3.05) is 19.6 Å². The van der Waals surface area contributed by atoms with Gasteiger partial charge in [0.25, 0.3) is 0 Å². The Kier molecular flexibility index (Phi) is 10.6. The van der Waals surface area contributed by atoms with Crippen LogP contribution in [0, 0.1) is 0 Å². The average Bonchev–Trinajstić information content (AvgIpc) is 2.52. The first kappa shape index (κ1) is 18.5. The van der Waals surface area contributed by atoms with E-state index in [4.69, 9.17) is 0 Å². The maximum Gasteiger partial charge on any atom is 0.222 e. The molecular weight excluding hydrogens is 260 g/mol. The molecule has 0 unspecified atom stereocenters. The fourth-order valence-corrected chi connectivity index (χ4v) is 3.25. The van der Waals surface area contributed by atoms with E-state index >= 15 is 0 Å². The summed E-state index contributed by atoms with van der Waals surface area (Å²) in [6.07, 6.45) is 13.1. The number of hydrogen-bond donors (Lipinski definition) is 1. The molecule has 0 aromatic heterocycles. The van der Waals surface area contributed by atoms with E-state index in [2.05, 4.69) is 24.1 Å².